The summed E-state index contributed by atoms with van der Waals surface area (Å²) in [5.74, 6) is -0.879. The Bertz CT molecular complexity index is 683. The van der Waals surface area contributed by atoms with Crippen LogP contribution in [0.3, 0.4) is 0 Å². The van der Waals surface area contributed by atoms with Crippen molar-refractivity contribution in [3.05, 3.63) is 36.4 Å². The van der Waals surface area contributed by atoms with Gasteiger partial charge in [-0.25, -0.2) is 4.79 Å². The summed E-state index contributed by atoms with van der Waals surface area (Å²) < 4.78 is 4.32. The zero-order chi connectivity index (χ0) is 16.9. The maximum Gasteiger partial charge on any atom is 0.320 e. The van der Waals surface area contributed by atoms with Crippen molar-refractivity contribution in [3.63, 3.8) is 0 Å². The van der Waals surface area contributed by atoms with Crippen LogP contribution in [0.4, 0.5) is 9.80 Å². The monoisotopic (exact) mass is 333 g/mol. The lowest BCUT2D eigenvalue weighted by Crippen LogP contribution is -2.45. The number of carboxylic acids is 1. The number of urea groups is 1. The van der Waals surface area contributed by atoms with E-state index >= 15 is 0 Å². The number of nitrogens with one attached hydrogen (secondary N) is 2. The predicted octanol–water partition coefficient (Wildman–Crippen LogP) is 3.58. The van der Waals surface area contributed by atoms with Gasteiger partial charge in [-0.1, -0.05) is 30.3 Å². The first-order valence-electron chi connectivity index (χ1n) is 7.19. The lowest BCUT2D eigenvalue weighted by atomic mass is 9.99. The number of hydrogen-bond donors (Lipinski definition) is 3. The lowest BCUT2D eigenvalue weighted by molar-refractivity contribution is -0.137. The Kier molecular flexibility index (Phi) is 5.33. The zero-order valence-electron chi connectivity index (χ0n) is 13.0. The summed E-state index contributed by atoms with van der Waals surface area (Å²) in [6, 6.07) is 11.1. The summed E-state index contributed by atoms with van der Waals surface area (Å²) in [6.07, 6.45) is 0.361. The summed E-state index contributed by atoms with van der Waals surface area (Å²) >= 11 is 1.20. The minimum Gasteiger partial charge on any atom is -0.481 e. The van der Waals surface area contributed by atoms with Gasteiger partial charge in [-0.15, -0.1) is 0 Å². The van der Waals surface area contributed by atoms with Crippen LogP contribution in [-0.2, 0) is 4.79 Å². The van der Waals surface area contributed by atoms with Crippen molar-refractivity contribution in [1.82, 2.24) is 9.69 Å². The van der Waals surface area contributed by atoms with Crippen LogP contribution in [0.2, 0.25) is 0 Å². The Hall–Kier alpha value is -2.41. The number of rotatable bonds is 6. The van der Waals surface area contributed by atoms with Gasteiger partial charge >= 0.3 is 12.0 Å². The van der Waals surface area contributed by atoms with Crippen molar-refractivity contribution in [2.24, 2.45) is 0 Å². The smallest absolute Gasteiger partial charge is 0.320 e. The first kappa shape index (κ1) is 17.0. The zero-order valence-corrected chi connectivity index (χ0v) is 13.8. The van der Waals surface area contributed by atoms with E-state index in [0.717, 1.165) is 11.3 Å². The fourth-order valence-electron chi connectivity index (χ4n) is 2.01. The van der Waals surface area contributed by atoms with Gasteiger partial charge < -0.3 is 10.4 Å². The van der Waals surface area contributed by atoms with E-state index in [-0.39, 0.29) is 12.5 Å². The second-order valence-electron chi connectivity index (χ2n) is 5.80. The number of hydrogen-bond acceptors (Lipinski definition) is 4. The molecule has 7 heteroatoms. The van der Waals surface area contributed by atoms with E-state index in [0.29, 0.717) is 11.4 Å². The summed E-state index contributed by atoms with van der Waals surface area (Å²) in [7, 11) is 0. The molecular weight excluding hydrogens is 314 g/mol. The van der Waals surface area contributed by atoms with E-state index < -0.39 is 11.5 Å². The quantitative estimate of drug-likeness (QED) is 0.753. The van der Waals surface area contributed by atoms with Gasteiger partial charge in [0, 0.05) is 23.6 Å². The summed E-state index contributed by atoms with van der Waals surface area (Å²) in [5, 5.41) is 14.9. The van der Waals surface area contributed by atoms with Crippen molar-refractivity contribution in [1.29, 1.82) is 0 Å². The fourth-order valence-corrected chi connectivity index (χ4v) is 2.67. The number of aliphatic carboxylic acids is 1. The third-order valence-electron chi connectivity index (χ3n) is 3.23. The molecule has 2 aromatic rings. The number of carbonyl (C=O) groups is 2. The van der Waals surface area contributed by atoms with Crippen LogP contribution >= 0.6 is 11.5 Å². The molecule has 122 valence electrons. The van der Waals surface area contributed by atoms with Crippen molar-refractivity contribution in [2.45, 2.75) is 32.2 Å². The molecule has 0 aliphatic heterocycles. The van der Waals surface area contributed by atoms with Crippen LogP contribution in [0.1, 0.15) is 26.7 Å². The fraction of sp³-hybridized carbons (Fsp3) is 0.312. The van der Waals surface area contributed by atoms with Gasteiger partial charge in [-0.05, 0) is 31.8 Å². The van der Waals surface area contributed by atoms with Crippen molar-refractivity contribution < 1.29 is 14.7 Å². The van der Waals surface area contributed by atoms with Gasteiger partial charge in [-0.2, -0.15) is 4.37 Å². The van der Waals surface area contributed by atoms with E-state index in [1.807, 2.05) is 36.4 Å². The SMILES string of the molecule is CC(C)(CCC(=O)O)NC(=O)Nc1cc(-c2ccccc2)ns1. The molecule has 3 N–H and O–H groups in total. The lowest BCUT2D eigenvalue weighted by Gasteiger charge is -2.25. The van der Waals surface area contributed by atoms with Gasteiger partial charge in [0.25, 0.3) is 0 Å². The number of carbonyl (C=O) groups excluding carboxylic acids is 1. The highest BCUT2D eigenvalue weighted by Crippen LogP contribution is 2.25. The molecule has 1 aromatic carbocycles. The number of aromatic nitrogens is 1. The maximum atomic E-state index is 12.0. The first-order chi connectivity index (χ1) is 10.9. The molecule has 0 saturated heterocycles. The van der Waals surface area contributed by atoms with Gasteiger partial charge in [0.2, 0.25) is 0 Å². The second-order valence-corrected chi connectivity index (χ2v) is 6.60. The van der Waals surface area contributed by atoms with Gasteiger partial charge in [-0.3, -0.25) is 10.1 Å². The van der Waals surface area contributed by atoms with Gasteiger partial charge in [0.15, 0.2) is 0 Å². The summed E-state index contributed by atoms with van der Waals surface area (Å²) in [4.78, 5) is 22.7. The maximum absolute atomic E-state index is 12.0. The number of benzene rings is 1. The Labute approximate surface area is 138 Å². The summed E-state index contributed by atoms with van der Waals surface area (Å²) in [6.45, 7) is 3.58. The molecule has 0 saturated carbocycles. The van der Waals surface area contributed by atoms with E-state index in [2.05, 4.69) is 15.0 Å². The third kappa shape index (κ3) is 5.37. The molecule has 1 aromatic heterocycles. The van der Waals surface area contributed by atoms with E-state index in [9.17, 15) is 9.59 Å². The number of anilines is 1. The molecule has 0 unspecified atom stereocenters. The average molecular weight is 333 g/mol. The van der Waals surface area contributed by atoms with Crippen molar-refractivity contribution >= 4 is 28.5 Å². The first-order valence-corrected chi connectivity index (χ1v) is 7.96. The number of nitrogens with zero attached hydrogens (tertiary/aromatic N) is 1. The minimum atomic E-state index is -0.879. The largest absolute Gasteiger partial charge is 0.481 e. The highest BCUT2D eigenvalue weighted by Gasteiger charge is 2.21. The Balaban J connectivity index is 1.93. The Morgan fingerprint density at radius 3 is 2.61 bits per heavy atom. The third-order valence-corrected chi connectivity index (χ3v) is 3.94. The molecular formula is C16H19N3O3S. The van der Waals surface area contributed by atoms with Crippen LogP contribution in [0.15, 0.2) is 36.4 Å². The molecule has 0 atom stereocenters. The molecule has 0 spiro atoms. The highest BCUT2D eigenvalue weighted by molar-refractivity contribution is 7.10. The normalized spacial score (nSPS) is 11.0. The standard InChI is InChI=1S/C16H19N3O3S/c1-16(2,9-8-14(20)21)18-15(22)17-13-10-12(19-23-13)11-6-4-3-5-7-11/h3-7,10H,8-9H2,1-2H3,(H,20,21)(H2,17,18,22). The van der Waals surface area contributed by atoms with Crippen LogP contribution in [0.25, 0.3) is 11.3 Å². The van der Waals surface area contributed by atoms with E-state index in [1.54, 1.807) is 13.8 Å². The van der Waals surface area contributed by atoms with Crippen LogP contribution in [0, 0.1) is 0 Å². The van der Waals surface area contributed by atoms with Crippen molar-refractivity contribution in [3.8, 4) is 11.3 Å². The van der Waals surface area contributed by atoms with E-state index in [4.69, 9.17) is 5.11 Å². The van der Waals surface area contributed by atoms with Crippen LogP contribution in [0.5, 0.6) is 0 Å². The molecule has 0 radical (unpaired) electrons. The molecule has 0 aliphatic carbocycles. The molecule has 0 aliphatic rings. The minimum absolute atomic E-state index is 0.00595. The van der Waals surface area contributed by atoms with Crippen molar-refractivity contribution in [2.75, 3.05) is 5.32 Å². The Morgan fingerprint density at radius 1 is 1.26 bits per heavy atom. The summed E-state index contributed by atoms with van der Waals surface area (Å²) in [5.41, 5.74) is 1.19. The predicted molar refractivity (Wildman–Crippen MR) is 90.7 cm³/mol. The Morgan fingerprint density at radius 2 is 1.96 bits per heavy atom. The van der Waals surface area contributed by atoms with Gasteiger partial charge in [0.05, 0.1) is 5.69 Å². The van der Waals surface area contributed by atoms with Crippen LogP contribution in [-0.4, -0.2) is 27.0 Å². The topological polar surface area (TPSA) is 91.3 Å². The molecule has 2 amide bonds. The molecule has 0 fully saturated rings. The highest BCUT2D eigenvalue weighted by atomic mass is 32.1. The molecule has 23 heavy (non-hydrogen) atoms. The van der Waals surface area contributed by atoms with Crippen LogP contribution < -0.4 is 10.6 Å². The average Bonchev–Trinajstić information content (AvgIpc) is 2.94. The molecule has 0 bridgehead atoms. The molecule has 2 rings (SSSR count). The number of amides is 2. The molecule has 1 heterocycles. The molecule has 6 nitrogen and oxygen atoms in total. The second kappa shape index (κ2) is 7.23. The number of carboxylic acid groups (broad SMARTS) is 1. The van der Waals surface area contributed by atoms with Gasteiger partial charge in [0.1, 0.15) is 5.00 Å². The van der Waals surface area contributed by atoms with E-state index in [1.165, 1.54) is 11.5 Å².